The summed E-state index contributed by atoms with van der Waals surface area (Å²) in [5.74, 6) is -1.17. The second kappa shape index (κ2) is 8.60. The van der Waals surface area contributed by atoms with Crippen LogP contribution < -0.4 is 9.88 Å². The van der Waals surface area contributed by atoms with E-state index in [-0.39, 0.29) is 22.6 Å². The topological polar surface area (TPSA) is 123 Å². The third-order valence-electron chi connectivity index (χ3n) is 5.01. The van der Waals surface area contributed by atoms with E-state index >= 15 is 0 Å². The predicted molar refractivity (Wildman–Crippen MR) is 111 cm³/mol. The van der Waals surface area contributed by atoms with Crippen LogP contribution in [0.2, 0.25) is 0 Å². The highest BCUT2D eigenvalue weighted by atomic mass is 32.2. The van der Waals surface area contributed by atoms with Gasteiger partial charge in [-0.3, -0.25) is 9.59 Å². The number of hydrogen-bond acceptors (Lipinski definition) is 6. The highest BCUT2D eigenvalue weighted by Crippen LogP contribution is 2.36. The number of nitrogens with zero attached hydrogens (tertiary/aromatic N) is 3. The maximum absolute atomic E-state index is 12.6. The van der Waals surface area contributed by atoms with E-state index in [0.717, 1.165) is 5.57 Å². The lowest BCUT2D eigenvalue weighted by Gasteiger charge is -2.47. The van der Waals surface area contributed by atoms with Crippen LogP contribution >= 0.6 is 11.8 Å². The van der Waals surface area contributed by atoms with Crippen LogP contribution in [0, 0.1) is 0 Å². The SMILES string of the molecule is O=C(N[C@@H]1C(=O)N2C=C(C[n+]3ccc(C(=O)O)cc3)CS[C@H]12)/C(=N/O)c1ccccc1. The number of rotatable bonds is 6. The summed E-state index contributed by atoms with van der Waals surface area (Å²) in [6.45, 7) is 0.524. The van der Waals surface area contributed by atoms with Crippen molar-refractivity contribution in [2.75, 3.05) is 5.75 Å². The summed E-state index contributed by atoms with van der Waals surface area (Å²) in [7, 11) is 0. The number of β-lactam (4-membered cyclic amide) rings is 1. The van der Waals surface area contributed by atoms with E-state index in [4.69, 9.17) is 5.11 Å². The number of carboxylic acid groups (broad SMARTS) is 1. The molecule has 31 heavy (non-hydrogen) atoms. The molecule has 3 N–H and O–H groups in total. The molecule has 0 bridgehead atoms. The Bertz CT molecular complexity index is 1080. The number of oxime groups is 1. The van der Waals surface area contributed by atoms with Crippen LogP contribution in [0.25, 0.3) is 0 Å². The second-order valence-electron chi connectivity index (χ2n) is 7.06. The third-order valence-corrected chi connectivity index (χ3v) is 6.39. The summed E-state index contributed by atoms with van der Waals surface area (Å²) in [5, 5.41) is 23.8. The van der Waals surface area contributed by atoms with Gasteiger partial charge in [0.05, 0.1) is 5.56 Å². The molecule has 0 radical (unpaired) electrons. The minimum absolute atomic E-state index is 0.148. The van der Waals surface area contributed by atoms with Crippen molar-refractivity contribution in [2.24, 2.45) is 5.16 Å². The number of aromatic carboxylic acids is 1. The first kappa shape index (κ1) is 20.6. The van der Waals surface area contributed by atoms with Gasteiger partial charge in [0, 0.05) is 35.2 Å². The smallest absolute Gasteiger partial charge is 0.336 e. The molecule has 0 aliphatic carbocycles. The van der Waals surface area contributed by atoms with E-state index in [2.05, 4.69) is 10.5 Å². The molecule has 1 fully saturated rings. The average Bonchev–Trinajstić information content (AvgIpc) is 2.79. The molecule has 2 amide bonds. The predicted octanol–water partition coefficient (Wildman–Crippen LogP) is 0.835. The quantitative estimate of drug-likeness (QED) is 0.201. The van der Waals surface area contributed by atoms with Gasteiger partial charge in [0.2, 0.25) is 0 Å². The zero-order valence-electron chi connectivity index (χ0n) is 16.2. The van der Waals surface area contributed by atoms with Gasteiger partial charge in [-0.25, -0.2) is 9.36 Å². The van der Waals surface area contributed by atoms with Crippen molar-refractivity contribution in [3.63, 3.8) is 0 Å². The Balaban J connectivity index is 1.39. The standard InChI is InChI=1S/C21H18N4O5S/c26-18(16(23-30)14-4-2-1-3-5-14)22-17-19(27)25-11-13(12-31-20(17)25)10-24-8-6-15(7-9-24)21(28)29/h1-9,11,17,20H,10,12H2,(H2-,22,26,28,29,30)/p+1/t17-,20-/m1/s1. The monoisotopic (exact) mass is 439 g/mol. The first-order chi connectivity index (χ1) is 15.0. The van der Waals surface area contributed by atoms with Crippen molar-refractivity contribution in [1.29, 1.82) is 0 Å². The van der Waals surface area contributed by atoms with Gasteiger partial charge in [0.15, 0.2) is 24.7 Å². The Morgan fingerprint density at radius 1 is 1.16 bits per heavy atom. The van der Waals surface area contributed by atoms with Crippen LogP contribution in [0.1, 0.15) is 15.9 Å². The normalized spacial score (nSPS) is 20.4. The highest BCUT2D eigenvalue weighted by Gasteiger charge is 2.50. The highest BCUT2D eigenvalue weighted by molar-refractivity contribution is 8.00. The molecule has 1 saturated heterocycles. The molecule has 3 heterocycles. The molecule has 9 nitrogen and oxygen atoms in total. The maximum Gasteiger partial charge on any atom is 0.336 e. The van der Waals surface area contributed by atoms with E-state index < -0.39 is 17.9 Å². The zero-order valence-corrected chi connectivity index (χ0v) is 17.0. The van der Waals surface area contributed by atoms with Crippen LogP contribution in [0.15, 0.2) is 71.8 Å². The van der Waals surface area contributed by atoms with E-state index in [0.29, 0.717) is 17.9 Å². The van der Waals surface area contributed by atoms with Crippen LogP contribution in [-0.4, -0.2) is 55.9 Å². The van der Waals surface area contributed by atoms with Crippen molar-refractivity contribution >= 4 is 35.3 Å². The molecule has 0 saturated carbocycles. The van der Waals surface area contributed by atoms with Gasteiger partial charge in [-0.05, 0) is 0 Å². The number of thioether (sulfide) groups is 1. The van der Waals surface area contributed by atoms with Crippen molar-refractivity contribution in [1.82, 2.24) is 10.2 Å². The molecule has 0 spiro atoms. The first-order valence-corrected chi connectivity index (χ1v) is 10.5. The van der Waals surface area contributed by atoms with E-state index in [1.165, 1.54) is 23.9 Å². The summed E-state index contributed by atoms with van der Waals surface area (Å²) in [4.78, 5) is 37.6. The molecule has 1 aromatic heterocycles. The molecule has 1 aromatic carbocycles. The fourth-order valence-electron chi connectivity index (χ4n) is 3.43. The Morgan fingerprint density at radius 2 is 1.87 bits per heavy atom. The Kier molecular flexibility index (Phi) is 5.72. The van der Waals surface area contributed by atoms with Gasteiger partial charge in [0.1, 0.15) is 11.4 Å². The lowest BCUT2D eigenvalue weighted by Crippen LogP contribution is -2.69. The summed E-state index contributed by atoms with van der Waals surface area (Å²) in [6.07, 6.45) is 5.14. The number of hydrogen-bond donors (Lipinski definition) is 3. The molecule has 10 heteroatoms. The number of aromatic nitrogens is 1. The molecule has 4 rings (SSSR count). The lowest BCUT2D eigenvalue weighted by atomic mass is 10.0. The molecule has 2 atom stereocenters. The van der Waals surface area contributed by atoms with Crippen molar-refractivity contribution in [2.45, 2.75) is 18.0 Å². The van der Waals surface area contributed by atoms with E-state index in [1.54, 1.807) is 53.8 Å². The third kappa shape index (κ3) is 4.15. The number of carbonyl (C=O) groups excluding carboxylic acids is 2. The van der Waals surface area contributed by atoms with Crippen LogP contribution in [0.5, 0.6) is 0 Å². The Morgan fingerprint density at radius 3 is 2.52 bits per heavy atom. The molecular formula is C21H19N4O5S+. The average molecular weight is 439 g/mol. The fraction of sp³-hybridized carbons (Fsp3) is 0.190. The van der Waals surface area contributed by atoms with E-state index in [9.17, 15) is 19.6 Å². The van der Waals surface area contributed by atoms with Crippen LogP contribution in [0.3, 0.4) is 0 Å². The van der Waals surface area contributed by atoms with Crippen LogP contribution in [-0.2, 0) is 16.1 Å². The van der Waals surface area contributed by atoms with Crippen molar-refractivity contribution in [3.05, 3.63) is 77.8 Å². The lowest BCUT2D eigenvalue weighted by molar-refractivity contribution is -0.689. The molecular weight excluding hydrogens is 420 g/mol. The minimum Gasteiger partial charge on any atom is -0.478 e. The number of pyridine rings is 1. The second-order valence-corrected chi connectivity index (χ2v) is 8.17. The summed E-state index contributed by atoms with van der Waals surface area (Å²) >= 11 is 1.53. The maximum atomic E-state index is 12.6. The van der Waals surface area contributed by atoms with Gasteiger partial charge in [-0.15, -0.1) is 11.8 Å². The van der Waals surface area contributed by atoms with E-state index in [1.807, 2.05) is 4.57 Å². The van der Waals surface area contributed by atoms with Gasteiger partial charge in [-0.1, -0.05) is 35.5 Å². The Hall–Kier alpha value is -3.66. The van der Waals surface area contributed by atoms with Gasteiger partial charge in [-0.2, -0.15) is 0 Å². The van der Waals surface area contributed by atoms with Crippen molar-refractivity contribution in [3.8, 4) is 0 Å². The zero-order chi connectivity index (χ0) is 22.0. The minimum atomic E-state index is -0.983. The molecule has 2 aliphatic heterocycles. The number of fused-ring (bicyclic) bond motifs is 1. The fourth-order valence-corrected chi connectivity index (χ4v) is 4.68. The van der Waals surface area contributed by atoms with Gasteiger partial charge < -0.3 is 20.5 Å². The molecule has 158 valence electrons. The summed E-state index contributed by atoms with van der Waals surface area (Å²) < 4.78 is 1.84. The first-order valence-electron chi connectivity index (χ1n) is 9.42. The van der Waals surface area contributed by atoms with Crippen molar-refractivity contribution < 1.29 is 29.3 Å². The Labute approximate surface area is 181 Å². The number of amides is 2. The van der Waals surface area contributed by atoms with Gasteiger partial charge >= 0.3 is 5.97 Å². The number of carboxylic acids is 1. The molecule has 2 aliphatic rings. The van der Waals surface area contributed by atoms with Gasteiger partial charge in [0.25, 0.3) is 11.8 Å². The number of benzene rings is 1. The molecule has 0 unspecified atom stereocenters. The number of carbonyl (C=O) groups is 3. The van der Waals surface area contributed by atoms with Crippen LogP contribution in [0.4, 0.5) is 0 Å². The summed E-state index contributed by atoms with van der Waals surface area (Å²) in [5.41, 5.74) is 1.51. The summed E-state index contributed by atoms with van der Waals surface area (Å²) in [6, 6.07) is 10.9. The largest absolute Gasteiger partial charge is 0.478 e. The molecule has 2 aromatic rings. The number of nitrogens with one attached hydrogen (secondary N) is 1.